The van der Waals surface area contributed by atoms with Gasteiger partial charge < -0.3 is 20.1 Å². The van der Waals surface area contributed by atoms with Crippen LogP contribution < -0.4 is 4.74 Å². The normalized spacial score (nSPS) is 11.4. The maximum Gasteiger partial charge on any atom is 0.371 e. The molecule has 1 rings (SSSR count). The quantitative estimate of drug-likeness (QED) is 0.557. The number of rotatable bonds is 5. The van der Waals surface area contributed by atoms with Crippen molar-refractivity contribution >= 4 is 11.9 Å². The number of carboxylic acids is 2. The Bertz CT molecular complexity index is 530. The number of hydrogen-bond acceptors (Lipinski definition) is 4. The van der Waals surface area contributed by atoms with Crippen molar-refractivity contribution in [3.63, 3.8) is 0 Å². The molecule has 0 fully saturated rings. The van der Waals surface area contributed by atoms with Crippen LogP contribution in [0.25, 0.3) is 0 Å². The van der Waals surface area contributed by atoms with Gasteiger partial charge in [-0.05, 0) is 24.1 Å². The van der Waals surface area contributed by atoms with E-state index >= 15 is 0 Å². The maximum atomic E-state index is 11.0. The van der Waals surface area contributed by atoms with Crippen molar-refractivity contribution in [1.29, 1.82) is 0 Å². The molecule has 0 unspecified atom stereocenters. The van der Waals surface area contributed by atoms with Gasteiger partial charge in [0.1, 0.15) is 5.56 Å². The largest absolute Gasteiger partial charge is 0.504 e. The topological polar surface area (TPSA) is 104 Å². The number of ether oxygens (including phenoxy) is 1. The van der Waals surface area contributed by atoms with Gasteiger partial charge in [-0.1, -0.05) is 19.9 Å². The molecule has 0 aliphatic rings. The summed E-state index contributed by atoms with van der Waals surface area (Å²) in [6.45, 7) is 3.53. The van der Waals surface area contributed by atoms with Gasteiger partial charge in [0.05, 0.1) is 0 Å². The Morgan fingerprint density at radius 1 is 1.26 bits per heavy atom. The van der Waals surface area contributed by atoms with Crippen molar-refractivity contribution in [2.24, 2.45) is 5.92 Å². The van der Waals surface area contributed by atoms with Crippen LogP contribution in [-0.4, -0.2) is 27.3 Å². The van der Waals surface area contributed by atoms with Crippen LogP contribution in [0.2, 0.25) is 0 Å². The fourth-order valence-electron chi connectivity index (χ4n) is 1.35. The summed E-state index contributed by atoms with van der Waals surface area (Å²) in [5, 5.41) is 27.5. The van der Waals surface area contributed by atoms with E-state index in [0.29, 0.717) is 0 Å². The van der Waals surface area contributed by atoms with Crippen molar-refractivity contribution in [2.75, 3.05) is 0 Å². The standard InChI is InChI=1S/C13H14O6/c1-7(2)6-10(13(17)18)19-9-5-3-4-8(11(9)14)12(15)16/h3-7,14H,1-2H3,(H,15,16)(H,17,18). The number of aliphatic carboxylic acids is 1. The molecule has 1 aromatic carbocycles. The Morgan fingerprint density at radius 3 is 2.37 bits per heavy atom. The molecule has 19 heavy (non-hydrogen) atoms. The Hall–Kier alpha value is -2.50. The zero-order valence-electron chi connectivity index (χ0n) is 10.5. The minimum Gasteiger partial charge on any atom is -0.504 e. The number of benzene rings is 1. The fourth-order valence-corrected chi connectivity index (χ4v) is 1.35. The smallest absolute Gasteiger partial charge is 0.371 e. The number of allylic oxidation sites excluding steroid dienone is 1. The summed E-state index contributed by atoms with van der Waals surface area (Å²) in [7, 11) is 0. The second kappa shape index (κ2) is 5.90. The first-order chi connectivity index (χ1) is 8.82. The van der Waals surface area contributed by atoms with Gasteiger partial charge >= 0.3 is 11.9 Å². The lowest BCUT2D eigenvalue weighted by Gasteiger charge is -2.10. The highest BCUT2D eigenvalue weighted by Crippen LogP contribution is 2.31. The monoisotopic (exact) mass is 266 g/mol. The van der Waals surface area contributed by atoms with Gasteiger partial charge in [-0.25, -0.2) is 9.59 Å². The number of carbonyl (C=O) groups is 2. The second-order valence-electron chi connectivity index (χ2n) is 4.14. The van der Waals surface area contributed by atoms with Crippen molar-refractivity contribution in [2.45, 2.75) is 13.8 Å². The Kier molecular flexibility index (Phi) is 4.52. The SMILES string of the molecule is CC(C)C=C(Oc1cccc(C(=O)O)c1O)C(=O)O. The Morgan fingerprint density at radius 2 is 1.89 bits per heavy atom. The van der Waals surface area contributed by atoms with Crippen LogP contribution in [0.5, 0.6) is 11.5 Å². The number of hydrogen-bond donors (Lipinski definition) is 3. The van der Waals surface area contributed by atoms with Crippen molar-refractivity contribution in [3.05, 3.63) is 35.6 Å². The first kappa shape index (κ1) is 14.6. The Labute approximate surface area is 109 Å². The van der Waals surface area contributed by atoms with Crippen molar-refractivity contribution < 1.29 is 29.6 Å². The third kappa shape index (κ3) is 3.74. The van der Waals surface area contributed by atoms with E-state index in [2.05, 4.69) is 0 Å². The molecule has 0 saturated heterocycles. The number of carboxylic acid groups (broad SMARTS) is 2. The van der Waals surface area contributed by atoms with Crippen molar-refractivity contribution in [1.82, 2.24) is 0 Å². The van der Waals surface area contributed by atoms with E-state index in [0.717, 1.165) is 0 Å². The summed E-state index contributed by atoms with van der Waals surface area (Å²) in [6.07, 6.45) is 1.36. The van der Waals surface area contributed by atoms with Gasteiger partial charge in [0.15, 0.2) is 11.5 Å². The van der Waals surface area contributed by atoms with Crippen LogP contribution in [0.4, 0.5) is 0 Å². The zero-order chi connectivity index (χ0) is 14.6. The molecule has 1 aromatic rings. The summed E-state index contributed by atoms with van der Waals surface area (Å²) >= 11 is 0. The number of phenols is 1. The minimum absolute atomic E-state index is 0.0732. The van der Waals surface area contributed by atoms with E-state index in [1.807, 2.05) is 0 Å². The van der Waals surface area contributed by atoms with Gasteiger partial charge in [0.25, 0.3) is 0 Å². The lowest BCUT2D eigenvalue weighted by Crippen LogP contribution is -2.10. The van der Waals surface area contributed by atoms with Crippen LogP contribution in [0.15, 0.2) is 30.0 Å². The lowest BCUT2D eigenvalue weighted by molar-refractivity contribution is -0.135. The molecular weight excluding hydrogens is 252 g/mol. The van der Waals surface area contributed by atoms with Gasteiger partial charge in [0.2, 0.25) is 5.76 Å². The van der Waals surface area contributed by atoms with Crippen LogP contribution in [-0.2, 0) is 4.79 Å². The van der Waals surface area contributed by atoms with E-state index in [1.54, 1.807) is 13.8 Å². The molecule has 0 aliphatic carbocycles. The molecule has 6 nitrogen and oxygen atoms in total. The van der Waals surface area contributed by atoms with Gasteiger partial charge in [-0.3, -0.25) is 0 Å². The molecule has 0 radical (unpaired) electrons. The second-order valence-corrected chi connectivity index (χ2v) is 4.14. The summed E-state index contributed by atoms with van der Waals surface area (Å²) < 4.78 is 5.06. The predicted octanol–water partition coefficient (Wildman–Crippen LogP) is 2.09. The third-order valence-electron chi connectivity index (χ3n) is 2.14. The molecule has 102 valence electrons. The molecule has 0 amide bonds. The first-order valence-electron chi connectivity index (χ1n) is 5.51. The lowest BCUT2D eigenvalue weighted by atomic mass is 10.2. The highest BCUT2D eigenvalue weighted by molar-refractivity contribution is 5.92. The van der Waals surface area contributed by atoms with Crippen LogP contribution in [0.3, 0.4) is 0 Å². The summed E-state index contributed by atoms with van der Waals surface area (Å²) in [6, 6.07) is 3.84. The molecule has 0 heterocycles. The molecule has 3 N–H and O–H groups in total. The van der Waals surface area contributed by atoms with Crippen LogP contribution in [0, 0.1) is 5.92 Å². The fraction of sp³-hybridized carbons (Fsp3) is 0.231. The van der Waals surface area contributed by atoms with Crippen LogP contribution >= 0.6 is 0 Å². The Balaban J connectivity index is 3.14. The molecule has 0 atom stereocenters. The summed E-state index contributed by atoms with van der Waals surface area (Å²) in [5.74, 6) is -3.88. The summed E-state index contributed by atoms with van der Waals surface area (Å²) in [5.41, 5.74) is -0.355. The van der Waals surface area contributed by atoms with E-state index in [-0.39, 0.29) is 23.0 Å². The van der Waals surface area contributed by atoms with E-state index < -0.39 is 17.7 Å². The highest BCUT2D eigenvalue weighted by atomic mass is 16.5. The highest BCUT2D eigenvalue weighted by Gasteiger charge is 2.18. The minimum atomic E-state index is -1.33. The van der Waals surface area contributed by atoms with Gasteiger partial charge in [-0.2, -0.15) is 0 Å². The van der Waals surface area contributed by atoms with E-state index in [4.69, 9.17) is 14.9 Å². The molecule has 0 saturated carbocycles. The van der Waals surface area contributed by atoms with Crippen molar-refractivity contribution in [3.8, 4) is 11.5 Å². The molecule has 0 aliphatic heterocycles. The number of para-hydroxylation sites is 1. The maximum absolute atomic E-state index is 11.0. The molecule has 0 aromatic heterocycles. The average molecular weight is 266 g/mol. The molecule has 0 bridgehead atoms. The molecule has 6 heteroatoms. The molecular formula is C13H14O6. The zero-order valence-corrected chi connectivity index (χ0v) is 10.5. The predicted molar refractivity (Wildman–Crippen MR) is 66.3 cm³/mol. The number of aromatic carboxylic acids is 1. The van der Waals surface area contributed by atoms with Gasteiger partial charge in [-0.15, -0.1) is 0 Å². The van der Waals surface area contributed by atoms with Crippen LogP contribution in [0.1, 0.15) is 24.2 Å². The van der Waals surface area contributed by atoms with E-state index in [9.17, 15) is 14.7 Å². The average Bonchev–Trinajstić information content (AvgIpc) is 2.29. The summed E-state index contributed by atoms with van der Waals surface area (Å²) in [4.78, 5) is 21.8. The van der Waals surface area contributed by atoms with Gasteiger partial charge in [0, 0.05) is 0 Å². The first-order valence-corrected chi connectivity index (χ1v) is 5.51. The van der Waals surface area contributed by atoms with E-state index in [1.165, 1.54) is 24.3 Å². The third-order valence-corrected chi connectivity index (χ3v) is 2.14. The molecule has 0 spiro atoms. The number of aromatic hydroxyl groups is 1.